The summed E-state index contributed by atoms with van der Waals surface area (Å²) in [5.41, 5.74) is 2.44. The lowest BCUT2D eigenvalue weighted by atomic mass is 10.0. The molecule has 4 aromatic heterocycles. The first-order valence-electron chi connectivity index (χ1n) is 16.2. The number of nitrogens with zero attached hydrogens (tertiary/aromatic N) is 9. The summed E-state index contributed by atoms with van der Waals surface area (Å²) in [6, 6.07) is 6.96. The van der Waals surface area contributed by atoms with Gasteiger partial charge in [0, 0.05) is 79.3 Å². The second kappa shape index (κ2) is 14.0. The number of rotatable bonds is 10. The molecular weight excluding hydrogens is 654 g/mol. The van der Waals surface area contributed by atoms with E-state index in [0.717, 1.165) is 37.4 Å². The first-order valence-corrected chi connectivity index (χ1v) is 17.0. The van der Waals surface area contributed by atoms with E-state index in [2.05, 4.69) is 34.9 Å². The first-order chi connectivity index (χ1) is 23.7. The van der Waals surface area contributed by atoms with Crippen molar-refractivity contribution >= 4 is 34.9 Å². The number of likely N-dealkylation sites (tertiary alicyclic amines) is 1. The minimum atomic E-state index is -3.08. The number of nitrogens with one attached hydrogen (secondary N) is 1. The van der Waals surface area contributed by atoms with E-state index < -0.39 is 12.5 Å². The Labute approximate surface area is 285 Å². The van der Waals surface area contributed by atoms with Gasteiger partial charge in [0.15, 0.2) is 5.65 Å². The number of aromatic nitrogens is 7. The van der Waals surface area contributed by atoms with Gasteiger partial charge in [0.2, 0.25) is 5.91 Å². The normalized spacial score (nSPS) is 15.7. The van der Waals surface area contributed by atoms with Gasteiger partial charge in [-0.05, 0) is 37.1 Å². The summed E-state index contributed by atoms with van der Waals surface area (Å²) in [6.45, 7) is 4.80. The fourth-order valence-electron chi connectivity index (χ4n) is 6.44. The van der Waals surface area contributed by atoms with Crippen molar-refractivity contribution in [1.29, 1.82) is 0 Å². The van der Waals surface area contributed by atoms with Crippen molar-refractivity contribution in [3.05, 3.63) is 72.8 Å². The van der Waals surface area contributed by atoms with E-state index in [1.807, 2.05) is 31.3 Å². The number of alkyl halides is 2. The molecular formula is C33H36F2N10O3S. The molecule has 16 heteroatoms. The van der Waals surface area contributed by atoms with Crippen LogP contribution in [0.4, 0.5) is 14.5 Å². The average Bonchev–Trinajstić information content (AvgIpc) is 3.83. The van der Waals surface area contributed by atoms with E-state index in [1.54, 1.807) is 48.6 Å². The van der Waals surface area contributed by atoms with Gasteiger partial charge in [-0.1, -0.05) is 13.8 Å². The zero-order chi connectivity index (χ0) is 34.1. The Morgan fingerprint density at radius 1 is 1.12 bits per heavy atom. The van der Waals surface area contributed by atoms with Crippen LogP contribution in [-0.4, -0.2) is 93.1 Å². The lowest BCUT2D eigenvalue weighted by Gasteiger charge is -2.40. The van der Waals surface area contributed by atoms with E-state index >= 15 is 0 Å². The van der Waals surface area contributed by atoms with Crippen molar-refractivity contribution in [3.63, 3.8) is 0 Å². The summed E-state index contributed by atoms with van der Waals surface area (Å²) in [5, 5.41) is 11.9. The van der Waals surface area contributed by atoms with Gasteiger partial charge in [0.25, 0.3) is 5.91 Å². The number of carbonyl (C=O) groups excluding carboxylic acids is 2. The second-order valence-electron chi connectivity index (χ2n) is 12.4. The monoisotopic (exact) mass is 690 g/mol. The van der Waals surface area contributed by atoms with Gasteiger partial charge in [-0.2, -0.15) is 19.0 Å². The number of ether oxygens (including phenoxy) is 1. The second-order valence-corrected chi connectivity index (χ2v) is 14.0. The Balaban J connectivity index is 1.13. The molecule has 5 aromatic rings. The van der Waals surface area contributed by atoms with Gasteiger partial charge >= 0.3 is 6.61 Å². The minimum Gasteiger partial charge on any atom is -0.434 e. The molecule has 0 saturated carbocycles. The van der Waals surface area contributed by atoms with Crippen LogP contribution in [0.1, 0.15) is 42.7 Å². The molecule has 2 aliphatic rings. The predicted octanol–water partition coefficient (Wildman–Crippen LogP) is 4.65. The molecule has 1 aromatic carbocycles. The summed E-state index contributed by atoms with van der Waals surface area (Å²) in [7, 11) is 0. The maximum absolute atomic E-state index is 13.6. The first kappa shape index (κ1) is 32.7. The van der Waals surface area contributed by atoms with Crippen LogP contribution in [0.5, 0.6) is 5.75 Å². The molecule has 1 saturated heterocycles. The molecule has 49 heavy (non-hydrogen) atoms. The summed E-state index contributed by atoms with van der Waals surface area (Å²) in [6.07, 6.45) is 11.7. The smallest absolute Gasteiger partial charge is 0.387 e. The fraction of sp³-hybridized carbons (Fsp3) is 0.394. The Bertz CT molecular complexity index is 1970. The molecule has 2 amide bonds. The number of fused-ring (bicyclic) bond motifs is 2. The highest BCUT2D eigenvalue weighted by Gasteiger charge is 2.30. The number of anilines is 1. The zero-order valence-corrected chi connectivity index (χ0v) is 27.9. The molecule has 6 heterocycles. The molecule has 2 aliphatic heterocycles. The lowest BCUT2D eigenvalue weighted by Crippen LogP contribution is -2.49. The summed E-state index contributed by atoms with van der Waals surface area (Å²) < 4.78 is 37.1. The van der Waals surface area contributed by atoms with E-state index in [4.69, 9.17) is 4.74 Å². The van der Waals surface area contributed by atoms with Crippen LogP contribution < -0.4 is 10.1 Å². The Morgan fingerprint density at radius 2 is 1.96 bits per heavy atom. The zero-order valence-electron chi connectivity index (χ0n) is 27.1. The minimum absolute atomic E-state index is 0.0970. The van der Waals surface area contributed by atoms with E-state index in [-0.39, 0.29) is 46.0 Å². The lowest BCUT2D eigenvalue weighted by molar-refractivity contribution is -0.133. The fourth-order valence-corrected chi connectivity index (χ4v) is 7.32. The predicted molar refractivity (Wildman–Crippen MR) is 178 cm³/mol. The quantitative estimate of drug-likeness (QED) is 0.208. The van der Waals surface area contributed by atoms with Gasteiger partial charge in [0.1, 0.15) is 23.6 Å². The number of thioether (sulfide) groups is 1. The van der Waals surface area contributed by atoms with E-state index in [9.17, 15) is 18.4 Å². The average molecular weight is 691 g/mol. The molecule has 0 atom stereocenters. The molecule has 0 aliphatic carbocycles. The number of benzene rings is 1. The van der Waals surface area contributed by atoms with Crippen LogP contribution in [-0.2, 0) is 24.4 Å². The molecule has 7 rings (SSSR count). The Kier molecular flexibility index (Phi) is 9.31. The third-order valence-electron chi connectivity index (χ3n) is 8.75. The number of halogens is 2. The van der Waals surface area contributed by atoms with Gasteiger partial charge in [0.05, 0.1) is 23.9 Å². The number of carbonyl (C=O) groups is 2. The highest BCUT2D eigenvalue weighted by atomic mass is 32.2. The third-order valence-corrected chi connectivity index (χ3v) is 9.75. The number of amides is 2. The molecule has 1 N–H and O–H groups in total. The molecule has 0 spiro atoms. The maximum Gasteiger partial charge on any atom is 0.387 e. The highest BCUT2D eigenvalue weighted by Crippen LogP contribution is 2.39. The van der Waals surface area contributed by atoms with Gasteiger partial charge < -0.3 is 19.5 Å². The van der Waals surface area contributed by atoms with Crippen molar-refractivity contribution in [2.75, 3.05) is 25.0 Å². The molecule has 0 bridgehead atoms. The van der Waals surface area contributed by atoms with E-state index in [1.165, 1.54) is 27.2 Å². The summed E-state index contributed by atoms with van der Waals surface area (Å²) in [4.78, 5) is 40.8. The van der Waals surface area contributed by atoms with Gasteiger partial charge in [-0.25, -0.2) is 14.5 Å². The summed E-state index contributed by atoms with van der Waals surface area (Å²) in [5.74, 6) is -0.745. The van der Waals surface area contributed by atoms with Crippen molar-refractivity contribution in [2.24, 2.45) is 0 Å². The van der Waals surface area contributed by atoms with E-state index in [0.29, 0.717) is 24.8 Å². The van der Waals surface area contributed by atoms with Gasteiger partial charge in [-0.15, -0.1) is 11.8 Å². The van der Waals surface area contributed by atoms with Crippen molar-refractivity contribution in [2.45, 2.75) is 69.1 Å². The van der Waals surface area contributed by atoms with Crippen molar-refractivity contribution in [1.82, 2.24) is 43.7 Å². The SMILES string of the molecule is CC(C)Sc1ccc(OC(F)F)c(-c2nn(CC(=O)N3CCC(N4CCn5cncc5C4)CC3)cc2NC(=O)c2cnn3cccnc23)c1. The van der Waals surface area contributed by atoms with Crippen LogP contribution in [0, 0.1) is 0 Å². The van der Waals surface area contributed by atoms with Crippen LogP contribution in [0.3, 0.4) is 0 Å². The highest BCUT2D eigenvalue weighted by molar-refractivity contribution is 7.99. The Morgan fingerprint density at radius 3 is 2.76 bits per heavy atom. The summed E-state index contributed by atoms with van der Waals surface area (Å²) >= 11 is 1.55. The van der Waals surface area contributed by atoms with Gasteiger partial charge in [-0.3, -0.25) is 19.2 Å². The van der Waals surface area contributed by atoms with Crippen molar-refractivity contribution in [3.8, 4) is 17.0 Å². The molecule has 0 unspecified atom stereocenters. The number of hydrogen-bond acceptors (Lipinski definition) is 9. The maximum atomic E-state index is 13.6. The molecule has 1 fully saturated rings. The van der Waals surface area contributed by atoms with Crippen molar-refractivity contribution < 1.29 is 23.1 Å². The van der Waals surface area contributed by atoms with Crippen LogP contribution in [0.25, 0.3) is 16.9 Å². The molecule has 13 nitrogen and oxygen atoms in total. The number of piperidine rings is 1. The molecule has 0 radical (unpaired) electrons. The van der Waals surface area contributed by atoms with Crippen LogP contribution in [0.2, 0.25) is 0 Å². The van der Waals surface area contributed by atoms with Crippen LogP contribution >= 0.6 is 11.8 Å². The molecule has 256 valence electrons. The Hall–Kier alpha value is -4.83. The topological polar surface area (TPSA) is 128 Å². The third kappa shape index (κ3) is 7.15. The number of hydrogen-bond donors (Lipinski definition) is 1. The van der Waals surface area contributed by atoms with Crippen LogP contribution in [0.15, 0.2) is 66.5 Å². The number of imidazole rings is 1. The standard InChI is InChI=1S/C33H36F2N10O3S/c1-21(2)49-24-4-5-28(48-33(34)35)25(14-24)30-27(39-32(47)26-16-38-45-9-3-8-37-31(26)45)18-44(40-30)19-29(46)41-10-6-22(7-11-41)42-12-13-43-20-36-15-23(43)17-42/h3-5,8-9,14-16,18,20-22,33H,6-7,10-13,17,19H2,1-2H3,(H,39,47). The largest absolute Gasteiger partial charge is 0.434 e.